The van der Waals surface area contributed by atoms with Crippen molar-refractivity contribution in [3.8, 4) is 67.5 Å². The average molecular weight is 650 g/mol. The maximum absolute atomic E-state index is 9.69. The van der Waals surface area contributed by atoms with E-state index < -0.39 is 23.6 Å². The van der Waals surface area contributed by atoms with Gasteiger partial charge in [0.2, 0.25) is 0 Å². The summed E-state index contributed by atoms with van der Waals surface area (Å²) in [5, 5.41) is 0. The van der Waals surface area contributed by atoms with E-state index in [2.05, 4.69) is 42.5 Å². The highest BCUT2D eigenvalue weighted by molar-refractivity contribution is 5.90. The van der Waals surface area contributed by atoms with E-state index in [4.69, 9.17) is 15.0 Å². The van der Waals surface area contributed by atoms with Crippen LogP contribution in [0.3, 0.4) is 0 Å². The maximum atomic E-state index is 9.69. The van der Waals surface area contributed by atoms with Gasteiger partial charge in [-0.1, -0.05) is 153 Å². The third-order valence-electron chi connectivity index (χ3n) is 10.1. The Hall–Kier alpha value is -5.67. The van der Waals surface area contributed by atoms with Gasteiger partial charge in [0.15, 0.2) is 17.5 Å². The van der Waals surface area contributed by atoms with Crippen molar-refractivity contribution in [2.45, 2.75) is 44.8 Å². The van der Waals surface area contributed by atoms with Crippen LogP contribution >= 0.6 is 0 Å². The van der Waals surface area contributed by atoms with Crippen LogP contribution in [0.2, 0.25) is 0 Å². The molecule has 0 saturated heterocycles. The lowest BCUT2D eigenvalue weighted by Crippen LogP contribution is -2.34. The Balaban J connectivity index is 1.25. The van der Waals surface area contributed by atoms with E-state index in [-0.39, 0.29) is 12.8 Å². The molecule has 0 atom stereocenters. The molecular formula is C47H39N3. The summed E-state index contributed by atoms with van der Waals surface area (Å²) in [5.41, 5.74) is 7.74. The second-order valence-corrected chi connectivity index (χ2v) is 14.1. The normalized spacial score (nSPS) is 18.6. The van der Waals surface area contributed by atoms with Crippen LogP contribution in [0, 0.1) is 5.41 Å². The van der Waals surface area contributed by atoms with Gasteiger partial charge in [-0.15, -0.1) is 0 Å². The third kappa shape index (κ3) is 5.25. The molecule has 0 unspecified atom stereocenters. The first-order chi connectivity index (χ1) is 26.0. The van der Waals surface area contributed by atoms with E-state index in [9.17, 15) is 5.48 Å². The van der Waals surface area contributed by atoms with Gasteiger partial charge in [-0.25, -0.2) is 15.0 Å². The molecule has 3 heteroatoms. The summed E-state index contributed by atoms with van der Waals surface area (Å²) in [7, 11) is 0. The molecule has 50 heavy (non-hydrogen) atoms. The Morgan fingerprint density at radius 2 is 0.900 bits per heavy atom. The first kappa shape index (κ1) is 26.2. The molecular weight excluding hydrogens is 607 g/mol. The van der Waals surface area contributed by atoms with Crippen LogP contribution in [-0.4, -0.2) is 15.0 Å². The number of fused-ring (bicyclic) bond motifs is 5. The number of aromatic nitrogens is 3. The molecule has 1 aromatic heterocycles. The van der Waals surface area contributed by atoms with E-state index in [0.29, 0.717) is 23.0 Å². The van der Waals surface area contributed by atoms with Crippen LogP contribution in [0.5, 0.6) is 0 Å². The molecule has 6 aromatic carbocycles. The first-order valence-corrected chi connectivity index (χ1v) is 17.3. The van der Waals surface area contributed by atoms with Crippen LogP contribution in [-0.2, 0) is 5.41 Å². The first-order valence-electron chi connectivity index (χ1n) is 19.3. The van der Waals surface area contributed by atoms with E-state index in [1.807, 2.05) is 123 Å². The third-order valence-corrected chi connectivity index (χ3v) is 10.1. The minimum atomic E-state index is -1.85. The zero-order chi connectivity index (χ0) is 37.3. The van der Waals surface area contributed by atoms with Crippen molar-refractivity contribution >= 4 is 0 Å². The summed E-state index contributed by atoms with van der Waals surface area (Å²) in [4.78, 5) is 14.9. The lowest BCUT2D eigenvalue weighted by atomic mass is 9.61. The van der Waals surface area contributed by atoms with Crippen LogP contribution < -0.4 is 0 Å². The molecule has 1 saturated carbocycles. The molecule has 0 bridgehead atoms. The summed E-state index contributed by atoms with van der Waals surface area (Å²) in [6.07, 6.45) is -3.20. The number of rotatable bonds is 5. The highest BCUT2D eigenvalue weighted by Gasteiger charge is 2.46. The maximum Gasteiger partial charge on any atom is 0.164 e. The molecule has 0 N–H and O–H groups in total. The Bertz CT molecular complexity index is 2460. The largest absolute Gasteiger partial charge is 0.208 e. The van der Waals surface area contributed by atoms with Crippen molar-refractivity contribution in [3.63, 3.8) is 0 Å². The molecule has 7 aromatic rings. The van der Waals surface area contributed by atoms with Gasteiger partial charge < -0.3 is 0 Å². The van der Waals surface area contributed by atoms with Gasteiger partial charge in [0.1, 0.15) is 0 Å². The van der Waals surface area contributed by atoms with Gasteiger partial charge in [-0.3, -0.25) is 0 Å². The summed E-state index contributed by atoms with van der Waals surface area (Å²) in [5.74, 6) is 1.74. The summed E-state index contributed by atoms with van der Waals surface area (Å²) < 4.78 is 38.7. The Morgan fingerprint density at radius 1 is 0.420 bits per heavy atom. The summed E-state index contributed by atoms with van der Waals surface area (Å²) >= 11 is 0. The van der Waals surface area contributed by atoms with Crippen molar-refractivity contribution in [2.75, 3.05) is 0 Å². The van der Waals surface area contributed by atoms with Crippen molar-refractivity contribution in [3.05, 3.63) is 163 Å². The SMILES string of the molecule is [2H]C1([2H])CC(C)(C)CC([2H])([2H])C12c1ccccc1-c1ccc(-c3ccc(-c4nc(-c5ccccc5)nc(-c5ccccc5)n4)cc3-c3ccccc3)cc12. The van der Waals surface area contributed by atoms with E-state index in [1.165, 1.54) is 0 Å². The number of nitrogens with zero attached hydrogens (tertiary/aromatic N) is 3. The van der Waals surface area contributed by atoms with Gasteiger partial charge in [0, 0.05) is 27.6 Å². The van der Waals surface area contributed by atoms with Gasteiger partial charge in [-0.05, 0) is 87.6 Å². The van der Waals surface area contributed by atoms with Crippen molar-refractivity contribution in [2.24, 2.45) is 5.41 Å². The summed E-state index contributed by atoms with van der Waals surface area (Å²) in [6, 6.07) is 50.4. The molecule has 1 fully saturated rings. The Morgan fingerprint density at radius 3 is 1.52 bits per heavy atom. The number of benzene rings is 6. The van der Waals surface area contributed by atoms with Crippen LogP contribution in [0.25, 0.3) is 67.5 Å². The zero-order valence-corrected chi connectivity index (χ0v) is 28.2. The fraction of sp³-hybridized carbons (Fsp3) is 0.170. The smallest absolute Gasteiger partial charge is 0.164 e. The lowest BCUT2D eigenvalue weighted by molar-refractivity contribution is 0.188. The van der Waals surface area contributed by atoms with Crippen molar-refractivity contribution < 1.29 is 5.48 Å². The second kappa shape index (κ2) is 12.0. The van der Waals surface area contributed by atoms with Crippen molar-refractivity contribution in [1.82, 2.24) is 15.0 Å². The number of hydrogen-bond acceptors (Lipinski definition) is 3. The van der Waals surface area contributed by atoms with Gasteiger partial charge in [0.25, 0.3) is 0 Å². The predicted molar refractivity (Wildman–Crippen MR) is 205 cm³/mol. The molecule has 2 aliphatic rings. The fourth-order valence-electron chi connectivity index (χ4n) is 7.43. The zero-order valence-electron chi connectivity index (χ0n) is 32.2. The molecule has 0 amide bonds. The quantitative estimate of drug-likeness (QED) is 0.186. The molecule has 9 rings (SSSR count). The van der Waals surface area contributed by atoms with E-state index in [0.717, 1.165) is 55.6 Å². The monoisotopic (exact) mass is 649 g/mol. The Kier molecular flexibility index (Phi) is 6.31. The molecule has 1 spiro atoms. The van der Waals surface area contributed by atoms with Crippen molar-refractivity contribution in [1.29, 1.82) is 0 Å². The lowest BCUT2D eigenvalue weighted by Gasteiger charge is -2.43. The van der Waals surface area contributed by atoms with Crippen LogP contribution in [0.4, 0.5) is 0 Å². The van der Waals surface area contributed by atoms with Crippen LogP contribution in [0.1, 0.15) is 56.0 Å². The van der Waals surface area contributed by atoms with Gasteiger partial charge >= 0.3 is 0 Å². The standard InChI is InChI=1S/C47H39N3/c1-46(2)26-28-47(29-27-46)41-21-13-12-20-38(41)39-25-22-35(31-42(39)47)37-24-23-36(30-40(37)32-14-6-3-7-15-32)45-49-43(33-16-8-4-9-17-33)48-44(50-45)34-18-10-5-11-19-34/h3-25,30-31H,26-29H2,1-2H3/i28D2,29D2. The molecule has 2 aliphatic carbocycles. The molecule has 0 radical (unpaired) electrons. The van der Waals surface area contributed by atoms with Crippen LogP contribution in [0.15, 0.2) is 152 Å². The van der Waals surface area contributed by atoms with E-state index in [1.54, 1.807) is 0 Å². The minimum absolute atomic E-state index is 0.253. The topological polar surface area (TPSA) is 38.7 Å². The van der Waals surface area contributed by atoms with Gasteiger partial charge in [-0.2, -0.15) is 0 Å². The van der Waals surface area contributed by atoms with Gasteiger partial charge in [0.05, 0.1) is 0 Å². The second-order valence-electron chi connectivity index (χ2n) is 14.1. The summed E-state index contributed by atoms with van der Waals surface area (Å²) in [6.45, 7) is 3.97. The predicted octanol–water partition coefficient (Wildman–Crippen LogP) is 12.1. The molecule has 242 valence electrons. The Labute approximate surface area is 300 Å². The molecule has 3 nitrogen and oxygen atoms in total. The fourth-order valence-corrected chi connectivity index (χ4v) is 7.43. The minimum Gasteiger partial charge on any atom is -0.208 e. The molecule has 1 heterocycles. The average Bonchev–Trinajstić information content (AvgIpc) is 3.49. The molecule has 0 aliphatic heterocycles. The number of hydrogen-bond donors (Lipinski definition) is 0. The highest BCUT2D eigenvalue weighted by atomic mass is 15.0. The highest BCUT2D eigenvalue weighted by Crippen LogP contribution is 2.59. The van der Waals surface area contributed by atoms with E-state index >= 15 is 0 Å².